The summed E-state index contributed by atoms with van der Waals surface area (Å²) in [5, 5.41) is 1.13. The molecule has 0 amide bonds. The summed E-state index contributed by atoms with van der Waals surface area (Å²) in [4.78, 5) is 19.2. The van der Waals surface area contributed by atoms with E-state index in [0.717, 1.165) is 27.6 Å². The number of nitrogens with one attached hydrogen (secondary N) is 1. The number of rotatable bonds is 4. The number of aromatic amines is 1. The molecule has 4 heteroatoms. The van der Waals surface area contributed by atoms with Crippen LogP contribution in [0.15, 0.2) is 61.1 Å². The van der Waals surface area contributed by atoms with E-state index in [4.69, 9.17) is 4.74 Å². The van der Waals surface area contributed by atoms with E-state index in [2.05, 4.69) is 9.97 Å². The fraction of sp³-hybridized carbons (Fsp3) is 0.111. The summed E-state index contributed by atoms with van der Waals surface area (Å²) in [7, 11) is 0. The molecule has 1 N–H and O–H groups in total. The van der Waals surface area contributed by atoms with Crippen molar-refractivity contribution < 1.29 is 9.53 Å². The largest absolute Gasteiger partial charge is 0.463 e. The lowest BCUT2D eigenvalue weighted by Crippen LogP contribution is -2.02. The fourth-order valence-electron chi connectivity index (χ4n) is 2.37. The number of carbonyl (C=O) groups is 1. The standard InChI is InChI=1S/C18H16N2O2/c1-2-22-18(21)11-16(15-4-3-8-19-12-15)14-6-5-13-7-9-20-17(13)10-14/h3-12,20H,2H2,1H3. The number of aromatic nitrogens is 2. The summed E-state index contributed by atoms with van der Waals surface area (Å²) >= 11 is 0. The lowest BCUT2D eigenvalue weighted by Gasteiger charge is -2.08. The summed E-state index contributed by atoms with van der Waals surface area (Å²) in [6.07, 6.45) is 6.86. The van der Waals surface area contributed by atoms with E-state index in [1.165, 1.54) is 6.08 Å². The van der Waals surface area contributed by atoms with Crippen LogP contribution in [0.2, 0.25) is 0 Å². The molecule has 3 aromatic rings. The third kappa shape index (κ3) is 2.91. The lowest BCUT2D eigenvalue weighted by atomic mass is 9.98. The van der Waals surface area contributed by atoms with E-state index in [1.807, 2.05) is 42.6 Å². The zero-order valence-electron chi connectivity index (χ0n) is 12.2. The highest BCUT2D eigenvalue weighted by atomic mass is 16.5. The second kappa shape index (κ2) is 6.26. The van der Waals surface area contributed by atoms with Crippen molar-refractivity contribution in [3.8, 4) is 0 Å². The average molecular weight is 292 g/mol. The quantitative estimate of drug-likeness (QED) is 0.591. The lowest BCUT2D eigenvalue weighted by molar-refractivity contribution is -0.137. The van der Waals surface area contributed by atoms with Crippen LogP contribution in [0, 0.1) is 0 Å². The Labute approximate surface area is 128 Å². The molecule has 2 heterocycles. The Morgan fingerprint density at radius 2 is 2.18 bits per heavy atom. The van der Waals surface area contributed by atoms with Gasteiger partial charge in [0.15, 0.2) is 0 Å². The van der Waals surface area contributed by atoms with Crippen molar-refractivity contribution in [3.05, 3.63) is 72.2 Å². The molecule has 0 saturated carbocycles. The molecule has 0 aliphatic rings. The fourth-order valence-corrected chi connectivity index (χ4v) is 2.37. The second-order valence-corrected chi connectivity index (χ2v) is 4.83. The van der Waals surface area contributed by atoms with Crippen LogP contribution in [0.5, 0.6) is 0 Å². The first-order valence-electron chi connectivity index (χ1n) is 7.14. The third-order valence-corrected chi connectivity index (χ3v) is 3.39. The van der Waals surface area contributed by atoms with Crippen molar-refractivity contribution in [2.45, 2.75) is 6.92 Å². The van der Waals surface area contributed by atoms with Crippen LogP contribution in [-0.2, 0) is 9.53 Å². The van der Waals surface area contributed by atoms with Gasteiger partial charge in [0.2, 0.25) is 0 Å². The minimum Gasteiger partial charge on any atom is -0.463 e. The summed E-state index contributed by atoms with van der Waals surface area (Å²) in [6.45, 7) is 2.14. The van der Waals surface area contributed by atoms with Crippen molar-refractivity contribution in [2.24, 2.45) is 0 Å². The highest BCUT2D eigenvalue weighted by molar-refractivity contribution is 5.97. The summed E-state index contributed by atoms with van der Waals surface area (Å²) in [5.41, 5.74) is 3.64. The van der Waals surface area contributed by atoms with Gasteiger partial charge in [-0.3, -0.25) is 4.98 Å². The zero-order chi connectivity index (χ0) is 15.4. The first-order chi connectivity index (χ1) is 10.8. The normalized spacial score (nSPS) is 11.6. The zero-order valence-corrected chi connectivity index (χ0v) is 12.2. The predicted molar refractivity (Wildman–Crippen MR) is 86.2 cm³/mol. The Morgan fingerprint density at radius 1 is 1.27 bits per heavy atom. The Hall–Kier alpha value is -2.88. The van der Waals surface area contributed by atoms with Gasteiger partial charge in [-0.05, 0) is 41.6 Å². The number of hydrogen-bond acceptors (Lipinski definition) is 3. The number of carbonyl (C=O) groups excluding carboxylic acids is 1. The number of pyridine rings is 1. The third-order valence-electron chi connectivity index (χ3n) is 3.39. The molecule has 0 atom stereocenters. The average Bonchev–Trinajstić information content (AvgIpc) is 3.01. The maximum absolute atomic E-state index is 11.9. The van der Waals surface area contributed by atoms with E-state index in [9.17, 15) is 4.79 Å². The first-order valence-corrected chi connectivity index (χ1v) is 7.14. The van der Waals surface area contributed by atoms with Crippen LogP contribution >= 0.6 is 0 Å². The molecule has 0 aliphatic heterocycles. The van der Waals surface area contributed by atoms with Gasteiger partial charge in [-0.25, -0.2) is 4.79 Å². The molecule has 0 radical (unpaired) electrons. The molecule has 0 bridgehead atoms. The number of nitrogens with zero attached hydrogens (tertiary/aromatic N) is 1. The minimum atomic E-state index is -0.354. The van der Waals surface area contributed by atoms with E-state index < -0.39 is 0 Å². The van der Waals surface area contributed by atoms with Crippen molar-refractivity contribution in [3.63, 3.8) is 0 Å². The van der Waals surface area contributed by atoms with Gasteiger partial charge in [0, 0.05) is 35.7 Å². The van der Waals surface area contributed by atoms with Crippen molar-refractivity contribution >= 4 is 22.4 Å². The van der Waals surface area contributed by atoms with Crippen molar-refractivity contribution in [1.29, 1.82) is 0 Å². The predicted octanol–water partition coefficient (Wildman–Crippen LogP) is 3.56. The highest BCUT2D eigenvalue weighted by Crippen LogP contribution is 2.26. The molecule has 4 nitrogen and oxygen atoms in total. The number of ether oxygens (including phenoxy) is 1. The Morgan fingerprint density at radius 3 is 2.95 bits per heavy atom. The van der Waals surface area contributed by atoms with Crippen molar-refractivity contribution in [1.82, 2.24) is 9.97 Å². The monoisotopic (exact) mass is 292 g/mol. The molecule has 0 unspecified atom stereocenters. The number of benzene rings is 1. The topological polar surface area (TPSA) is 55.0 Å². The van der Waals surface area contributed by atoms with Crippen LogP contribution in [-0.4, -0.2) is 22.5 Å². The first kappa shape index (κ1) is 14.1. The maximum Gasteiger partial charge on any atom is 0.331 e. The van der Waals surface area contributed by atoms with Crippen molar-refractivity contribution in [2.75, 3.05) is 6.61 Å². The SMILES string of the molecule is CCOC(=O)C=C(c1cccnc1)c1ccc2cc[nH]c2c1. The van der Waals surface area contributed by atoms with Gasteiger partial charge in [0.05, 0.1) is 6.61 Å². The van der Waals surface area contributed by atoms with Gasteiger partial charge in [-0.1, -0.05) is 18.2 Å². The van der Waals surface area contributed by atoms with E-state index in [0.29, 0.717) is 6.61 Å². The van der Waals surface area contributed by atoms with Gasteiger partial charge in [0.1, 0.15) is 0 Å². The van der Waals surface area contributed by atoms with Crippen LogP contribution in [0.1, 0.15) is 18.1 Å². The molecule has 0 aliphatic carbocycles. The van der Waals surface area contributed by atoms with Crippen LogP contribution < -0.4 is 0 Å². The molecule has 1 aromatic carbocycles. The number of hydrogen-bond donors (Lipinski definition) is 1. The molecule has 22 heavy (non-hydrogen) atoms. The van der Waals surface area contributed by atoms with E-state index in [1.54, 1.807) is 19.3 Å². The number of fused-ring (bicyclic) bond motifs is 1. The highest BCUT2D eigenvalue weighted by Gasteiger charge is 2.10. The van der Waals surface area contributed by atoms with Crippen LogP contribution in [0.4, 0.5) is 0 Å². The van der Waals surface area contributed by atoms with Gasteiger partial charge in [0.25, 0.3) is 0 Å². The minimum absolute atomic E-state index is 0.352. The summed E-state index contributed by atoms with van der Waals surface area (Å²) in [5.74, 6) is -0.354. The molecule has 0 spiro atoms. The van der Waals surface area contributed by atoms with Gasteiger partial charge in [-0.15, -0.1) is 0 Å². The molecule has 2 aromatic heterocycles. The van der Waals surface area contributed by atoms with Crippen LogP contribution in [0.25, 0.3) is 16.5 Å². The molecule has 0 saturated heterocycles. The summed E-state index contributed by atoms with van der Waals surface area (Å²) in [6, 6.07) is 11.8. The second-order valence-electron chi connectivity index (χ2n) is 4.83. The van der Waals surface area contributed by atoms with E-state index in [-0.39, 0.29) is 5.97 Å². The molecule has 110 valence electrons. The van der Waals surface area contributed by atoms with E-state index >= 15 is 0 Å². The van der Waals surface area contributed by atoms with Gasteiger partial charge in [-0.2, -0.15) is 0 Å². The number of H-pyrrole nitrogens is 1. The van der Waals surface area contributed by atoms with Gasteiger partial charge < -0.3 is 9.72 Å². The van der Waals surface area contributed by atoms with Crippen LogP contribution in [0.3, 0.4) is 0 Å². The molecular weight excluding hydrogens is 276 g/mol. The summed E-state index contributed by atoms with van der Waals surface area (Å²) < 4.78 is 5.04. The number of esters is 1. The Kier molecular flexibility index (Phi) is 4.01. The molecular formula is C18H16N2O2. The molecule has 3 rings (SSSR count). The Bertz CT molecular complexity index is 819. The maximum atomic E-state index is 11.9. The van der Waals surface area contributed by atoms with Gasteiger partial charge >= 0.3 is 5.97 Å². The molecule has 0 fully saturated rings. The Balaban J connectivity index is 2.10. The smallest absolute Gasteiger partial charge is 0.331 e.